The average molecular weight is 760 g/mol. The van der Waals surface area contributed by atoms with Gasteiger partial charge in [0.05, 0.1) is 45.3 Å². The Hall–Kier alpha value is -5.54. The second kappa shape index (κ2) is 16.9. The Labute approximate surface area is 307 Å². The minimum absolute atomic E-state index is 0.264. The van der Waals surface area contributed by atoms with Crippen molar-refractivity contribution in [2.75, 3.05) is 39.1 Å². The number of hydrogen-bond donors (Lipinski definition) is 3. The number of carbonyl (C=O) groups excluding carboxylic acids is 3. The SMILES string of the molecule is COc1ccc(C(=O)Nc2ccc(C(C)(C)C#N)c(Br)c2)cc1OC.COc1ccc(C(=O)Nc2ccc(C(C)(C)C(N)=O)c(C)c2)cc1OC. The van der Waals surface area contributed by atoms with Crippen LogP contribution in [0.2, 0.25) is 0 Å². The van der Waals surface area contributed by atoms with Gasteiger partial charge >= 0.3 is 0 Å². The summed E-state index contributed by atoms with van der Waals surface area (Å²) < 4.78 is 21.6. The number of primary amides is 1. The highest BCUT2D eigenvalue weighted by Gasteiger charge is 2.29. The number of anilines is 2. The molecule has 0 radical (unpaired) electrons. The molecule has 0 aliphatic carbocycles. The molecule has 3 amide bonds. The van der Waals surface area contributed by atoms with E-state index in [0.717, 1.165) is 21.2 Å². The third-order valence-electron chi connectivity index (χ3n) is 8.24. The molecule has 0 unspecified atom stereocenters. The molecule has 0 bridgehead atoms. The molecule has 0 spiro atoms. The Bertz CT molecular complexity index is 1970. The van der Waals surface area contributed by atoms with Gasteiger partial charge in [0.25, 0.3) is 11.8 Å². The average Bonchev–Trinajstić information content (AvgIpc) is 3.10. The summed E-state index contributed by atoms with van der Waals surface area (Å²) in [5, 5.41) is 14.9. The summed E-state index contributed by atoms with van der Waals surface area (Å²) in [6.45, 7) is 9.12. The molecule has 12 heteroatoms. The summed E-state index contributed by atoms with van der Waals surface area (Å²) in [5.74, 6) is 1.15. The number of amides is 3. The van der Waals surface area contributed by atoms with Gasteiger partial charge in [-0.2, -0.15) is 5.26 Å². The van der Waals surface area contributed by atoms with Gasteiger partial charge in [0, 0.05) is 27.0 Å². The maximum Gasteiger partial charge on any atom is 0.255 e. The van der Waals surface area contributed by atoms with Gasteiger partial charge in [-0.05, 0) is 112 Å². The van der Waals surface area contributed by atoms with Crippen LogP contribution in [0.4, 0.5) is 11.4 Å². The van der Waals surface area contributed by atoms with Gasteiger partial charge in [0.15, 0.2) is 23.0 Å². The van der Waals surface area contributed by atoms with Crippen LogP contribution in [0.25, 0.3) is 0 Å². The second-order valence-electron chi connectivity index (χ2n) is 12.5. The second-order valence-corrected chi connectivity index (χ2v) is 13.4. The van der Waals surface area contributed by atoms with E-state index in [4.69, 9.17) is 24.7 Å². The number of rotatable bonds is 11. The number of halogens is 1. The minimum Gasteiger partial charge on any atom is -0.493 e. The molecule has 0 aliphatic rings. The number of carbonyl (C=O) groups is 3. The van der Waals surface area contributed by atoms with Gasteiger partial charge in [-0.3, -0.25) is 14.4 Å². The molecule has 51 heavy (non-hydrogen) atoms. The number of hydrogen-bond acceptors (Lipinski definition) is 8. The maximum absolute atomic E-state index is 12.5. The number of nitrogens with zero attached hydrogens (tertiary/aromatic N) is 1. The lowest BCUT2D eigenvalue weighted by Gasteiger charge is -2.23. The molecule has 0 heterocycles. The molecule has 4 N–H and O–H groups in total. The standard InChI is InChI=1S/C20H24N2O4.C19H19BrN2O3/c1-12-10-14(7-8-15(12)20(2,3)19(21)24)22-18(23)13-6-9-16(25-4)17(11-13)26-5;1-19(2,11-21)14-7-6-13(10-15(14)20)22-18(23)12-5-8-16(24-3)17(9-12)25-4/h6-11H,1-5H3,(H2,21,24)(H,22,23);5-10H,1-4H3,(H,22,23). The first-order valence-corrected chi connectivity index (χ1v) is 16.5. The van der Waals surface area contributed by atoms with Crippen molar-refractivity contribution in [3.8, 4) is 29.1 Å². The number of benzene rings is 4. The molecule has 0 saturated carbocycles. The molecule has 4 aromatic carbocycles. The fraction of sp³-hybridized carbons (Fsp3) is 0.282. The van der Waals surface area contributed by atoms with Crippen molar-refractivity contribution < 1.29 is 33.3 Å². The van der Waals surface area contributed by atoms with Crippen LogP contribution in [0, 0.1) is 18.3 Å². The molecule has 4 rings (SSSR count). The maximum atomic E-state index is 12.5. The highest BCUT2D eigenvalue weighted by atomic mass is 79.9. The Morgan fingerprint density at radius 3 is 1.47 bits per heavy atom. The molecule has 0 fully saturated rings. The summed E-state index contributed by atoms with van der Waals surface area (Å²) in [4.78, 5) is 36.6. The van der Waals surface area contributed by atoms with Gasteiger partial charge in [-0.25, -0.2) is 0 Å². The van der Waals surface area contributed by atoms with Crippen molar-refractivity contribution in [1.29, 1.82) is 5.26 Å². The molecule has 268 valence electrons. The van der Waals surface area contributed by atoms with E-state index in [1.165, 1.54) is 21.3 Å². The van der Waals surface area contributed by atoms with E-state index in [1.54, 1.807) is 75.6 Å². The smallest absolute Gasteiger partial charge is 0.255 e. The number of methoxy groups -OCH3 is 4. The Kier molecular flexibility index (Phi) is 13.2. The van der Waals surface area contributed by atoms with Crippen LogP contribution in [0.1, 0.15) is 65.1 Å². The quantitative estimate of drug-likeness (QED) is 0.141. The lowest BCUT2D eigenvalue weighted by atomic mass is 9.81. The zero-order valence-corrected chi connectivity index (χ0v) is 31.8. The van der Waals surface area contributed by atoms with Crippen molar-refractivity contribution in [1.82, 2.24) is 0 Å². The van der Waals surface area contributed by atoms with Crippen molar-refractivity contribution >= 4 is 45.0 Å². The molecule has 0 saturated heterocycles. The predicted molar refractivity (Wildman–Crippen MR) is 201 cm³/mol. The van der Waals surface area contributed by atoms with E-state index >= 15 is 0 Å². The number of nitrogens with one attached hydrogen (secondary N) is 2. The predicted octanol–water partition coefficient (Wildman–Crippen LogP) is 7.55. The molecule has 0 aliphatic heterocycles. The zero-order valence-electron chi connectivity index (χ0n) is 30.2. The third-order valence-corrected chi connectivity index (χ3v) is 8.90. The fourth-order valence-corrected chi connectivity index (χ4v) is 5.97. The highest BCUT2D eigenvalue weighted by Crippen LogP contribution is 2.33. The van der Waals surface area contributed by atoms with E-state index in [9.17, 15) is 19.6 Å². The van der Waals surface area contributed by atoms with Crippen molar-refractivity contribution in [3.05, 3.63) is 105 Å². The van der Waals surface area contributed by atoms with Crippen LogP contribution in [-0.4, -0.2) is 46.2 Å². The number of ether oxygens (including phenoxy) is 4. The summed E-state index contributed by atoms with van der Waals surface area (Å²) >= 11 is 3.47. The zero-order chi connectivity index (χ0) is 38.1. The van der Waals surface area contributed by atoms with Crippen molar-refractivity contribution in [2.45, 2.75) is 45.4 Å². The monoisotopic (exact) mass is 758 g/mol. The van der Waals surface area contributed by atoms with Crippen LogP contribution in [0.3, 0.4) is 0 Å². The Balaban J connectivity index is 0.000000276. The van der Waals surface area contributed by atoms with Crippen LogP contribution < -0.4 is 35.3 Å². The lowest BCUT2D eigenvalue weighted by Crippen LogP contribution is -2.36. The Morgan fingerprint density at radius 1 is 0.667 bits per heavy atom. The first-order valence-electron chi connectivity index (χ1n) is 15.7. The van der Waals surface area contributed by atoms with E-state index in [1.807, 2.05) is 39.0 Å². The molecular formula is C39H43BrN4O7. The molecule has 11 nitrogen and oxygen atoms in total. The largest absolute Gasteiger partial charge is 0.493 e. The lowest BCUT2D eigenvalue weighted by molar-refractivity contribution is -0.122. The first-order chi connectivity index (χ1) is 24.0. The van der Waals surface area contributed by atoms with Gasteiger partial charge in [-0.1, -0.05) is 28.1 Å². The summed E-state index contributed by atoms with van der Waals surface area (Å²) in [5.41, 5.74) is 8.81. The normalized spacial score (nSPS) is 10.8. The topological polar surface area (TPSA) is 162 Å². The summed E-state index contributed by atoms with van der Waals surface area (Å²) in [6.07, 6.45) is 0. The number of aryl methyl sites for hydroxylation is 1. The number of nitriles is 1. The van der Waals surface area contributed by atoms with Crippen molar-refractivity contribution in [2.24, 2.45) is 5.73 Å². The molecule has 4 aromatic rings. The molecular weight excluding hydrogens is 716 g/mol. The van der Waals surface area contributed by atoms with E-state index < -0.39 is 16.7 Å². The van der Waals surface area contributed by atoms with Gasteiger partial charge < -0.3 is 35.3 Å². The van der Waals surface area contributed by atoms with E-state index in [2.05, 4.69) is 32.6 Å². The van der Waals surface area contributed by atoms with Crippen LogP contribution in [-0.2, 0) is 15.6 Å². The Morgan fingerprint density at radius 2 is 1.10 bits per heavy atom. The third kappa shape index (κ3) is 9.58. The van der Waals surface area contributed by atoms with Crippen LogP contribution >= 0.6 is 15.9 Å². The first kappa shape index (κ1) is 39.9. The van der Waals surface area contributed by atoms with Crippen LogP contribution in [0.15, 0.2) is 77.3 Å². The molecule has 0 aromatic heterocycles. The highest BCUT2D eigenvalue weighted by molar-refractivity contribution is 9.10. The van der Waals surface area contributed by atoms with Gasteiger partial charge in [0.1, 0.15) is 0 Å². The molecule has 0 atom stereocenters. The summed E-state index contributed by atoms with van der Waals surface area (Å²) in [6, 6.07) is 23.0. The van der Waals surface area contributed by atoms with E-state index in [-0.39, 0.29) is 11.8 Å². The summed E-state index contributed by atoms with van der Waals surface area (Å²) in [7, 11) is 6.11. The minimum atomic E-state index is -0.782. The van der Waals surface area contributed by atoms with Gasteiger partial charge in [-0.15, -0.1) is 0 Å². The van der Waals surface area contributed by atoms with Crippen molar-refractivity contribution in [3.63, 3.8) is 0 Å². The number of nitrogens with two attached hydrogens (primary N) is 1. The van der Waals surface area contributed by atoms with E-state index in [0.29, 0.717) is 45.5 Å². The fourth-order valence-electron chi connectivity index (χ4n) is 5.10. The van der Waals surface area contributed by atoms with Crippen LogP contribution in [0.5, 0.6) is 23.0 Å². The van der Waals surface area contributed by atoms with Gasteiger partial charge in [0.2, 0.25) is 5.91 Å².